The lowest BCUT2D eigenvalue weighted by atomic mass is 9.99. The van der Waals surface area contributed by atoms with Crippen molar-refractivity contribution in [2.45, 2.75) is 38.5 Å². The van der Waals surface area contributed by atoms with E-state index in [-0.39, 0.29) is 0 Å². The molecule has 2 nitrogen and oxygen atoms in total. The van der Waals surface area contributed by atoms with E-state index in [1.54, 1.807) is 0 Å². The van der Waals surface area contributed by atoms with Crippen molar-refractivity contribution >= 4 is 5.71 Å². The molecule has 72 valence electrons. The van der Waals surface area contributed by atoms with Gasteiger partial charge in [0.1, 0.15) is 0 Å². The predicted octanol–water partition coefficient (Wildman–Crippen LogP) is 2.16. The smallest absolute Gasteiger partial charge is 0.0412 e. The third kappa shape index (κ3) is 1.59. The van der Waals surface area contributed by atoms with E-state index >= 15 is 0 Å². The van der Waals surface area contributed by atoms with E-state index in [4.69, 9.17) is 0 Å². The van der Waals surface area contributed by atoms with Crippen molar-refractivity contribution in [3.8, 4) is 0 Å². The van der Waals surface area contributed by atoms with Crippen molar-refractivity contribution in [3.05, 3.63) is 0 Å². The summed E-state index contributed by atoms with van der Waals surface area (Å²) in [5, 5.41) is 4.55. The standard InChI is InChI=1S/C11H18N2/c1-2-8(1)7-12-13-11-6-9-3-4-10(11)5-9/h8-10,12H,1-7H2/b13-11-. The Bertz CT molecular complexity index is 230. The van der Waals surface area contributed by atoms with Crippen LogP contribution in [-0.4, -0.2) is 12.3 Å². The average Bonchev–Trinajstić information content (AvgIpc) is 2.74. The van der Waals surface area contributed by atoms with Gasteiger partial charge < -0.3 is 5.43 Å². The molecule has 0 aliphatic heterocycles. The third-order valence-corrected chi connectivity index (χ3v) is 3.81. The van der Waals surface area contributed by atoms with Crippen LogP contribution in [0.25, 0.3) is 0 Å². The van der Waals surface area contributed by atoms with Crippen LogP contribution >= 0.6 is 0 Å². The zero-order valence-corrected chi connectivity index (χ0v) is 8.13. The maximum atomic E-state index is 4.55. The summed E-state index contributed by atoms with van der Waals surface area (Å²) in [6.45, 7) is 1.13. The molecule has 0 aromatic rings. The molecular formula is C11H18N2. The largest absolute Gasteiger partial charge is 0.310 e. The minimum Gasteiger partial charge on any atom is -0.310 e. The quantitative estimate of drug-likeness (QED) is 0.658. The van der Waals surface area contributed by atoms with E-state index < -0.39 is 0 Å². The Hall–Kier alpha value is -0.530. The van der Waals surface area contributed by atoms with Crippen molar-refractivity contribution < 1.29 is 0 Å². The first kappa shape index (κ1) is 7.84. The van der Waals surface area contributed by atoms with E-state index in [0.29, 0.717) is 0 Å². The minimum absolute atomic E-state index is 0.858. The van der Waals surface area contributed by atoms with Gasteiger partial charge in [0.25, 0.3) is 0 Å². The molecule has 2 atom stereocenters. The first-order chi connectivity index (χ1) is 6.42. The lowest BCUT2D eigenvalue weighted by molar-refractivity contribution is 0.586. The van der Waals surface area contributed by atoms with Crippen molar-refractivity contribution in [3.63, 3.8) is 0 Å². The molecule has 0 spiro atoms. The molecule has 0 amide bonds. The highest BCUT2D eigenvalue weighted by atomic mass is 15.3. The predicted molar refractivity (Wildman–Crippen MR) is 53.6 cm³/mol. The monoisotopic (exact) mass is 178 g/mol. The van der Waals surface area contributed by atoms with Gasteiger partial charge in [0.2, 0.25) is 0 Å². The maximum Gasteiger partial charge on any atom is 0.0412 e. The van der Waals surface area contributed by atoms with Crippen LogP contribution in [0.1, 0.15) is 38.5 Å². The molecule has 2 heteroatoms. The Balaban J connectivity index is 1.52. The second kappa shape index (κ2) is 3.00. The Morgan fingerprint density at radius 1 is 1.23 bits per heavy atom. The number of nitrogens with one attached hydrogen (secondary N) is 1. The highest BCUT2D eigenvalue weighted by Crippen LogP contribution is 2.42. The van der Waals surface area contributed by atoms with Gasteiger partial charge >= 0.3 is 0 Å². The fourth-order valence-electron chi connectivity index (χ4n) is 2.76. The fourth-order valence-corrected chi connectivity index (χ4v) is 2.76. The Morgan fingerprint density at radius 3 is 2.77 bits per heavy atom. The van der Waals surface area contributed by atoms with Gasteiger partial charge in [-0.3, -0.25) is 0 Å². The van der Waals surface area contributed by atoms with E-state index in [1.807, 2.05) is 0 Å². The SMILES string of the molecule is C1CC1CN/N=C1/CC2CCC1C2. The molecule has 0 aromatic heterocycles. The van der Waals surface area contributed by atoms with Gasteiger partial charge in [-0.1, -0.05) is 0 Å². The third-order valence-electron chi connectivity index (χ3n) is 3.81. The molecule has 3 aliphatic carbocycles. The normalized spacial score (nSPS) is 40.2. The van der Waals surface area contributed by atoms with Gasteiger partial charge in [0, 0.05) is 12.3 Å². The van der Waals surface area contributed by atoms with E-state index in [2.05, 4.69) is 10.5 Å². The van der Waals surface area contributed by atoms with Crippen LogP contribution in [0.15, 0.2) is 5.10 Å². The Morgan fingerprint density at radius 2 is 2.15 bits per heavy atom. The van der Waals surface area contributed by atoms with Gasteiger partial charge in [-0.05, 0) is 56.3 Å². The van der Waals surface area contributed by atoms with Crippen LogP contribution in [0.4, 0.5) is 0 Å². The molecule has 0 saturated heterocycles. The first-order valence-corrected chi connectivity index (χ1v) is 5.71. The molecule has 0 aromatic carbocycles. The zero-order chi connectivity index (χ0) is 8.67. The maximum absolute atomic E-state index is 4.55. The molecule has 0 radical (unpaired) electrons. The number of fused-ring (bicyclic) bond motifs is 2. The molecule has 3 aliphatic rings. The molecule has 0 heterocycles. The summed E-state index contributed by atoms with van der Waals surface area (Å²) in [6, 6.07) is 0. The van der Waals surface area contributed by atoms with Crippen LogP contribution in [0.3, 0.4) is 0 Å². The van der Waals surface area contributed by atoms with Crippen molar-refractivity contribution in [1.82, 2.24) is 5.43 Å². The summed E-state index contributed by atoms with van der Waals surface area (Å²) < 4.78 is 0. The lowest BCUT2D eigenvalue weighted by Gasteiger charge is -2.11. The highest BCUT2D eigenvalue weighted by Gasteiger charge is 2.36. The van der Waals surface area contributed by atoms with Crippen LogP contribution in [-0.2, 0) is 0 Å². The molecule has 2 unspecified atom stereocenters. The molecule has 2 bridgehead atoms. The number of hydrogen-bond acceptors (Lipinski definition) is 2. The average molecular weight is 178 g/mol. The summed E-state index contributed by atoms with van der Waals surface area (Å²) >= 11 is 0. The molecule has 3 fully saturated rings. The summed E-state index contributed by atoms with van der Waals surface area (Å²) in [5.41, 5.74) is 4.75. The summed E-state index contributed by atoms with van der Waals surface area (Å²) in [4.78, 5) is 0. The number of hydrazone groups is 1. The number of rotatable bonds is 3. The zero-order valence-electron chi connectivity index (χ0n) is 8.13. The topological polar surface area (TPSA) is 24.4 Å². The van der Waals surface area contributed by atoms with Gasteiger partial charge in [-0.15, -0.1) is 0 Å². The molecule has 3 rings (SSSR count). The van der Waals surface area contributed by atoms with Crippen molar-refractivity contribution in [2.24, 2.45) is 22.9 Å². The second-order valence-corrected chi connectivity index (χ2v) is 4.99. The molecule has 13 heavy (non-hydrogen) atoms. The summed E-state index contributed by atoms with van der Waals surface area (Å²) in [7, 11) is 0. The molecule has 1 N–H and O–H groups in total. The Labute approximate surface area is 79.8 Å². The van der Waals surface area contributed by atoms with Crippen molar-refractivity contribution in [1.29, 1.82) is 0 Å². The van der Waals surface area contributed by atoms with Gasteiger partial charge in [-0.2, -0.15) is 5.10 Å². The van der Waals surface area contributed by atoms with Gasteiger partial charge in [0.15, 0.2) is 0 Å². The second-order valence-electron chi connectivity index (χ2n) is 4.99. The fraction of sp³-hybridized carbons (Fsp3) is 0.909. The molecular weight excluding hydrogens is 160 g/mol. The summed E-state index contributed by atoms with van der Waals surface area (Å²) in [5.74, 6) is 2.80. The van der Waals surface area contributed by atoms with Gasteiger partial charge in [-0.25, -0.2) is 0 Å². The van der Waals surface area contributed by atoms with Crippen LogP contribution < -0.4 is 5.43 Å². The van der Waals surface area contributed by atoms with E-state index in [0.717, 1.165) is 24.3 Å². The first-order valence-electron chi connectivity index (χ1n) is 5.71. The number of hydrogen-bond donors (Lipinski definition) is 1. The van der Waals surface area contributed by atoms with E-state index in [9.17, 15) is 0 Å². The van der Waals surface area contributed by atoms with Gasteiger partial charge in [0.05, 0.1) is 0 Å². The van der Waals surface area contributed by atoms with Crippen LogP contribution in [0.2, 0.25) is 0 Å². The minimum atomic E-state index is 0.858. The van der Waals surface area contributed by atoms with Crippen LogP contribution in [0, 0.1) is 17.8 Å². The van der Waals surface area contributed by atoms with E-state index in [1.165, 1.54) is 44.2 Å². The highest BCUT2D eigenvalue weighted by molar-refractivity contribution is 5.89. The summed E-state index contributed by atoms with van der Waals surface area (Å²) in [6.07, 6.45) is 8.45. The lowest BCUT2D eigenvalue weighted by Crippen LogP contribution is -2.17. The number of nitrogens with zero attached hydrogens (tertiary/aromatic N) is 1. The van der Waals surface area contributed by atoms with Crippen LogP contribution in [0.5, 0.6) is 0 Å². The molecule has 3 saturated carbocycles. The Kier molecular flexibility index (Phi) is 1.81. The van der Waals surface area contributed by atoms with Crippen molar-refractivity contribution in [2.75, 3.05) is 6.54 Å².